The second-order valence-electron chi connectivity index (χ2n) is 20.6. The van der Waals surface area contributed by atoms with Gasteiger partial charge < -0.3 is 31.5 Å². The van der Waals surface area contributed by atoms with Gasteiger partial charge in [0.25, 0.3) is 51.8 Å². The number of non-ortho nitro benzene ring substituents is 2. The zero-order valence-electron chi connectivity index (χ0n) is 54.6. The number of allylic oxidation sites excluding steroid dienone is 2. The summed E-state index contributed by atoms with van der Waals surface area (Å²) in [6.45, 7) is 0. The maximum absolute atomic E-state index is 12.9. The number of aromatic nitrogens is 6. The van der Waals surface area contributed by atoms with Crippen LogP contribution in [-0.2, 0) is 66.8 Å². The molecule has 2 aliphatic carbocycles. The fourth-order valence-electron chi connectivity index (χ4n) is 9.78. The molecule has 36 nitrogen and oxygen atoms in total. The van der Waals surface area contributed by atoms with Crippen molar-refractivity contribution in [2.45, 2.75) is 9.79 Å². The van der Waals surface area contributed by atoms with E-state index in [9.17, 15) is 91.9 Å². The number of para-hydroxylation sites is 2. The van der Waals surface area contributed by atoms with Crippen LogP contribution in [0.4, 0.5) is 69.3 Å². The number of benzene rings is 8. The number of rotatable bonds is 18. The van der Waals surface area contributed by atoms with E-state index in [0.29, 0.717) is 34.9 Å². The molecule has 0 atom stereocenters. The number of nitro groups is 2. The quantitative estimate of drug-likeness (QED) is 0.0125. The number of hydrogen-bond donors (Lipinski definition) is 12. The minimum absolute atomic E-state index is 0. The van der Waals surface area contributed by atoms with Gasteiger partial charge in [0.05, 0.1) is 9.85 Å². The van der Waals surface area contributed by atoms with E-state index in [1.807, 2.05) is 12.1 Å². The van der Waals surface area contributed by atoms with Crippen LogP contribution in [0.2, 0.25) is 10.6 Å². The molecule has 0 saturated heterocycles. The molecule has 2 aliphatic rings. The first-order valence-corrected chi connectivity index (χ1v) is 34.0. The van der Waals surface area contributed by atoms with Gasteiger partial charge in [-0.25, -0.2) is 0 Å². The SMILES string of the molecule is O=C1C=C(S(=O)(=O)O)c2cc([N+](=O)[O-])ccc2C1=NNc1c(S(=O)(=O)O)cc2cc(Nc3nc(Cl)nc(Nc4ccccc4)n3)ccc2c1O.O=C1C=C(S(=O)(=O)O)c2cc([N+](=O)[O-])ccc2C1=NNc1c(S(=O)(=O)O)cc2cc(Nc3nc(Cl)nc(Nc4ccccc4)n3)ccc2c1O.[Co].[Na+].[Na+].[Na+].[Na+].[Na+]. The van der Waals surface area contributed by atoms with Crippen molar-refractivity contribution in [3.05, 3.63) is 211 Å². The van der Waals surface area contributed by atoms with Crippen LogP contribution in [0.3, 0.4) is 0 Å². The predicted octanol–water partition coefficient (Wildman–Crippen LogP) is -5.68. The van der Waals surface area contributed by atoms with Crippen molar-refractivity contribution in [2.24, 2.45) is 10.2 Å². The Hall–Kier alpha value is -6.61. The van der Waals surface area contributed by atoms with Crippen molar-refractivity contribution >= 4 is 187 Å². The van der Waals surface area contributed by atoms with Gasteiger partial charge in [-0.1, -0.05) is 36.4 Å². The third kappa shape index (κ3) is 21.0. The van der Waals surface area contributed by atoms with Crippen LogP contribution in [-0.4, -0.2) is 125 Å². The molecule has 517 valence electrons. The molecule has 2 aromatic heterocycles. The number of hydrazone groups is 2. The van der Waals surface area contributed by atoms with Gasteiger partial charge in [-0.15, -0.1) is 0 Å². The van der Waals surface area contributed by atoms with Crippen LogP contribution in [0.1, 0.15) is 22.3 Å². The number of fused-ring (bicyclic) bond motifs is 4. The Morgan fingerprint density at radius 1 is 0.406 bits per heavy atom. The van der Waals surface area contributed by atoms with E-state index in [1.165, 1.54) is 36.4 Å². The van der Waals surface area contributed by atoms with Crippen LogP contribution in [0.25, 0.3) is 31.4 Å². The summed E-state index contributed by atoms with van der Waals surface area (Å²) < 4.78 is 137. The molecule has 8 aromatic carbocycles. The fraction of sp³-hybridized carbons (Fsp3) is 0. The third-order valence-corrected chi connectivity index (χ3v) is 18.0. The van der Waals surface area contributed by atoms with Gasteiger partial charge in [0.15, 0.2) is 0 Å². The molecule has 0 saturated carbocycles. The molecule has 0 amide bonds. The second kappa shape index (κ2) is 36.7. The summed E-state index contributed by atoms with van der Waals surface area (Å²) in [4.78, 5) is 67.9. The topological polar surface area (TPSA) is 553 Å². The first-order valence-electron chi connectivity index (χ1n) is 27.5. The molecule has 12 rings (SSSR count). The van der Waals surface area contributed by atoms with Crippen molar-refractivity contribution in [1.82, 2.24) is 29.9 Å². The normalized spacial score (nSPS) is 13.1. The molecule has 0 bridgehead atoms. The zero-order valence-corrected chi connectivity index (χ0v) is 70.4. The van der Waals surface area contributed by atoms with Gasteiger partial charge in [-0.05, 0) is 119 Å². The molecule has 1 radical (unpaired) electrons. The molecular formula is C58H38Cl2CoN16Na5O20S4+5. The Bertz CT molecular complexity index is 5490. The average Bonchev–Trinajstić information content (AvgIpc) is 0.766. The van der Waals surface area contributed by atoms with E-state index in [-0.39, 0.29) is 232 Å². The van der Waals surface area contributed by atoms with Gasteiger partial charge in [0, 0.05) is 109 Å². The smallest absolute Gasteiger partial charge is 0.505 e. The average molecular weight is 1650 g/mol. The minimum atomic E-state index is -5.09. The maximum Gasteiger partial charge on any atom is 1.00 e. The summed E-state index contributed by atoms with van der Waals surface area (Å²) in [5, 5.41) is 64.4. The molecule has 12 N–H and O–H groups in total. The van der Waals surface area contributed by atoms with Crippen LogP contribution in [0.15, 0.2) is 178 Å². The number of aromatic hydroxyl groups is 2. The maximum atomic E-state index is 12.9. The van der Waals surface area contributed by atoms with Crippen LogP contribution in [0.5, 0.6) is 11.5 Å². The second-order valence-corrected chi connectivity index (χ2v) is 26.8. The monoisotopic (exact) mass is 1650 g/mol. The van der Waals surface area contributed by atoms with Gasteiger partial charge >= 0.3 is 148 Å². The molecule has 0 unspecified atom stereocenters. The number of phenols is 2. The van der Waals surface area contributed by atoms with Crippen molar-refractivity contribution in [1.29, 1.82) is 0 Å². The number of halogens is 2. The number of carbonyl (C=O) groups is 2. The summed E-state index contributed by atoms with van der Waals surface area (Å²) in [6.07, 6.45) is 0.946. The van der Waals surface area contributed by atoms with E-state index >= 15 is 0 Å². The van der Waals surface area contributed by atoms with Gasteiger partial charge in [-0.3, -0.25) is 58.9 Å². The molecule has 48 heteroatoms. The summed E-state index contributed by atoms with van der Waals surface area (Å²) in [7, 11) is -20.2. The van der Waals surface area contributed by atoms with Crippen LogP contribution >= 0.6 is 23.2 Å². The number of anilines is 10. The van der Waals surface area contributed by atoms with E-state index in [4.69, 9.17) is 23.2 Å². The number of nitro benzene ring substituents is 2. The summed E-state index contributed by atoms with van der Waals surface area (Å²) in [6, 6.07) is 34.0. The number of nitrogens with one attached hydrogen (secondary N) is 6. The predicted molar refractivity (Wildman–Crippen MR) is 362 cm³/mol. The largest absolute Gasteiger partial charge is 1.00 e. The van der Waals surface area contributed by atoms with Crippen molar-refractivity contribution in [2.75, 3.05) is 32.1 Å². The number of nitrogens with zero attached hydrogens (tertiary/aromatic N) is 10. The molecule has 10 aromatic rings. The first-order chi connectivity index (χ1) is 47.2. The summed E-state index contributed by atoms with van der Waals surface area (Å²) in [5.74, 6) is -3.42. The Balaban J connectivity index is 0.000000360. The van der Waals surface area contributed by atoms with E-state index in [2.05, 4.69) is 72.2 Å². The molecule has 2 heterocycles. The third-order valence-electron chi connectivity index (χ3n) is 14.1. The Morgan fingerprint density at radius 2 is 0.726 bits per heavy atom. The molecular weight excluding hydrogens is 1610 g/mol. The van der Waals surface area contributed by atoms with E-state index in [0.717, 1.165) is 48.5 Å². The number of ketones is 2. The van der Waals surface area contributed by atoms with Gasteiger partial charge in [0.1, 0.15) is 53.9 Å². The van der Waals surface area contributed by atoms with Crippen molar-refractivity contribution in [3.63, 3.8) is 0 Å². The van der Waals surface area contributed by atoms with Gasteiger partial charge in [-0.2, -0.15) is 73.8 Å². The molecule has 106 heavy (non-hydrogen) atoms. The van der Waals surface area contributed by atoms with E-state index < -0.39 is 138 Å². The van der Waals surface area contributed by atoms with Crippen LogP contribution in [0, 0.1) is 20.2 Å². The van der Waals surface area contributed by atoms with E-state index in [1.54, 1.807) is 48.5 Å². The van der Waals surface area contributed by atoms with Crippen molar-refractivity contribution < 1.29 is 246 Å². The summed E-state index contributed by atoms with van der Waals surface area (Å²) >= 11 is 12.2. The number of phenolic OH excluding ortho intramolecular Hbond substituents is 2. The fourth-order valence-corrected chi connectivity index (χ4v) is 12.9. The minimum Gasteiger partial charge on any atom is -0.505 e. The Morgan fingerprint density at radius 3 is 1.03 bits per heavy atom. The Labute approximate surface area is 728 Å². The Kier molecular flexibility index (Phi) is 31.2. The zero-order chi connectivity index (χ0) is 71.9. The molecule has 0 aliphatic heterocycles. The number of carbonyl (C=O) groups excluding carboxylic acids is 2. The first kappa shape index (κ1) is 90.0. The van der Waals surface area contributed by atoms with Crippen molar-refractivity contribution in [3.8, 4) is 11.5 Å². The summed E-state index contributed by atoms with van der Waals surface area (Å²) in [5.41, 5.74) is 1.34. The van der Waals surface area contributed by atoms with Gasteiger partial charge in [0.2, 0.25) is 45.9 Å². The number of hydrogen-bond acceptors (Lipinski definition) is 30. The standard InChI is InChI=1S/2C29H19ClN8O10S2.Co.5Na/c2*30-27-33-28(31-15-4-2-1-3-5-15)35-29(34-27)32-16-6-8-18-14(10-16)11-23(50(46,47)48)25(26(18)40)37-36-24-19-9-7-17(38(41)42)12-20(19)22(13-21(24)39)49(43,44)45;;;;;;/h2*1-13,37,40H,(H,43,44,45)(H,46,47,48)(H2,31,32,33,34,35);;;;;;/q;;;5*+1. The molecule has 0 fully saturated rings. The van der Waals surface area contributed by atoms with Crippen LogP contribution < -0.4 is 180 Å². The molecule has 0 spiro atoms.